The molecule has 3 aromatic rings. The van der Waals surface area contributed by atoms with Crippen molar-refractivity contribution >= 4 is 11.5 Å². The first-order valence-electron chi connectivity index (χ1n) is 9.24. The number of hydrogen-bond acceptors (Lipinski definition) is 7. The van der Waals surface area contributed by atoms with E-state index in [1.165, 1.54) is 20.3 Å². The quantitative estimate of drug-likeness (QED) is 0.691. The van der Waals surface area contributed by atoms with Crippen LogP contribution in [0, 0.1) is 0 Å². The molecule has 0 aliphatic carbocycles. The number of methoxy groups -OCH3 is 2. The third-order valence-electron chi connectivity index (χ3n) is 5.31. The van der Waals surface area contributed by atoms with Gasteiger partial charge in [-0.15, -0.1) is 15.3 Å². The van der Waals surface area contributed by atoms with E-state index in [1.54, 1.807) is 24.3 Å². The second kappa shape index (κ2) is 7.31. The number of hydrogen-bond donors (Lipinski definition) is 1. The van der Waals surface area contributed by atoms with Gasteiger partial charge in [-0.2, -0.15) is 17.7 Å². The van der Waals surface area contributed by atoms with Crippen LogP contribution in [0.5, 0.6) is 11.5 Å². The lowest BCUT2D eigenvalue weighted by atomic mass is 9.84. The highest BCUT2D eigenvalue weighted by atomic mass is 19.4. The molecule has 1 fully saturated rings. The van der Waals surface area contributed by atoms with Crippen LogP contribution in [0.2, 0.25) is 0 Å². The van der Waals surface area contributed by atoms with Crippen LogP contribution in [0.15, 0.2) is 30.3 Å². The molecule has 160 valence electrons. The van der Waals surface area contributed by atoms with E-state index in [0.29, 0.717) is 53.3 Å². The molecule has 11 heteroatoms. The van der Waals surface area contributed by atoms with Gasteiger partial charge in [-0.3, -0.25) is 0 Å². The molecule has 1 aromatic carbocycles. The lowest BCUT2D eigenvalue weighted by Crippen LogP contribution is -2.43. The van der Waals surface area contributed by atoms with Crippen molar-refractivity contribution in [3.05, 3.63) is 41.7 Å². The van der Waals surface area contributed by atoms with Crippen molar-refractivity contribution in [2.45, 2.75) is 24.6 Å². The molecule has 0 spiro atoms. The van der Waals surface area contributed by atoms with E-state index in [9.17, 15) is 18.3 Å². The number of aromatic nitrogens is 4. The summed E-state index contributed by atoms with van der Waals surface area (Å²) < 4.78 is 50.6. The largest absolute Gasteiger partial charge is 0.497 e. The number of nitrogens with zero attached hydrogens (tertiary/aromatic N) is 5. The van der Waals surface area contributed by atoms with Crippen molar-refractivity contribution in [1.82, 2.24) is 19.8 Å². The minimum absolute atomic E-state index is 0.0167. The summed E-state index contributed by atoms with van der Waals surface area (Å²) >= 11 is 0. The van der Waals surface area contributed by atoms with Crippen molar-refractivity contribution in [3.63, 3.8) is 0 Å². The maximum absolute atomic E-state index is 13.1. The number of fused-ring (bicyclic) bond motifs is 1. The average molecular weight is 423 g/mol. The smallest absolute Gasteiger partial charge is 0.453 e. The Balaban J connectivity index is 1.57. The van der Waals surface area contributed by atoms with Crippen LogP contribution in [0.1, 0.15) is 24.2 Å². The molecular formula is C19H20F3N5O3. The zero-order valence-corrected chi connectivity index (χ0v) is 16.3. The normalized spacial score (nSPS) is 16.7. The van der Waals surface area contributed by atoms with E-state index in [0.717, 1.165) is 0 Å². The van der Waals surface area contributed by atoms with Crippen LogP contribution < -0.4 is 14.4 Å². The fourth-order valence-electron chi connectivity index (χ4n) is 3.60. The second-order valence-electron chi connectivity index (χ2n) is 7.10. The van der Waals surface area contributed by atoms with Gasteiger partial charge in [0, 0.05) is 19.2 Å². The van der Waals surface area contributed by atoms with Gasteiger partial charge in [0.1, 0.15) is 17.3 Å². The number of rotatable bonds is 4. The minimum atomic E-state index is -4.65. The molecule has 0 unspecified atom stereocenters. The van der Waals surface area contributed by atoms with Gasteiger partial charge < -0.3 is 19.5 Å². The summed E-state index contributed by atoms with van der Waals surface area (Å²) in [6, 6.07) is 8.28. The van der Waals surface area contributed by atoms with E-state index in [-0.39, 0.29) is 5.65 Å². The van der Waals surface area contributed by atoms with Gasteiger partial charge in [-0.1, -0.05) is 0 Å². The Kier molecular flexibility index (Phi) is 4.92. The Morgan fingerprint density at radius 3 is 2.20 bits per heavy atom. The topological polar surface area (TPSA) is 85.0 Å². The number of alkyl halides is 3. The zero-order valence-electron chi connectivity index (χ0n) is 16.3. The molecule has 4 rings (SSSR count). The summed E-state index contributed by atoms with van der Waals surface area (Å²) in [5, 5.41) is 22.0. The number of piperidine rings is 1. The number of ether oxygens (including phenoxy) is 2. The Morgan fingerprint density at radius 1 is 1.00 bits per heavy atom. The van der Waals surface area contributed by atoms with Crippen LogP contribution >= 0.6 is 0 Å². The lowest BCUT2D eigenvalue weighted by Gasteiger charge is -2.39. The highest BCUT2D eigenvalue weighted by Gasteiger charge is 2.38. The summed E-state index contributed by atoms with van der Waals surface area (Å²) in [6.45, 7) is 0.802. The van der Waals surface area contributed by atoms with Crippen LogP contribution in [0.3, 0.4) is 0 Å². The predicted molar refractivity (Wildman–Crippen MR) is 101 cm³/mol. The van der Waals surface area contributed by atoms with E-state index in [1.807, 2.05) is 4.90 Å². The highest BCUT2D eigenvalue weighted by molar-refractivity contribution is 5.47. The molecule has 1 saturated heterocycles. The first kappa shape index (κ1) is 20.2. The van der Waals surface area contributed by atoms with Crippen LogP contribution in [-0.2, 0) is 11.8 Å². The fourth-order valence-corrected chi connectivity index (χ4v) is 3.60. The summed E-state index contributed by atoms with van der Waals surface area (Å²) in [5.74, 6) is 0.327. The molecule has 0 amide bonds. The number of aliphatic hydroxyl groups is 1. The standard InChI is InChI=1S/C19H20F3N5O3/c1-29-13-9-12(10-14(11-13)30-2)18(28)5-7-26(8-6-18)16-4-3-15-23-24-17(19(20,21)22)27(15)25-16/h3-4,9-11,28H,5-8H2,1-2H3. The molecule has 1 N–H and O–H groups in total. The van der Waals surface area contributed by atoms with Crippen LogP contribution in [0.4, 0.5) is 19.0 Å². The molecule has 2 aromatic heterocycles. The van der Waals surface area contributed by atoms with E-state index < -0.39 is 17.6 Å². The summed E-state index contributed by atoms with van der Waals surface area (Å²) in [6.07, 6.45) is -3.94. The van der Waals surface area contributed by atoms with E-state index in [4.69, 9.17) is 9.47 Å². The third kappa shape index (κ3) is 3.60. The number of anilines is 1. The van der Waals surface area contributed by atoms with Gasteiger partial charge in [0.05, 0.1) is 19.8 Å². The van der Waals surface area contributed by atoms with Crippen molar-refractivity contribution < 1.29 is 27.8 Å². The Morgan fingerprint density at radius 2 is 1.63 bits per heavy atom. The summed E-state index contributed by atoms with van der Waals surface area (Å²) in [7, 11) is 3.07. The van der Waals surface area contributed by atoms with Crippen LogP contribution in [-0.4, -0.2) is 52.2 Å². The molecule has 0 atom stereocenters. The number of halogens is 3. The zero-order chi connectivity index (χ0) is 21.5. The Bertz CT molecular complexity index is 1040. The molecule has 0 radical (unpaired) electrons. The van der Waals surface area contributed by atoms with Gasteiger partial charge in [0.25, 0.3) is 5.82 Å². The monoisotopic (exact) mass is 423 g/mol. The first-order valence-corrected chi connectivity index (χ1v) is 9.24. The molecular weight excluding hydrogens is 403 g/mol. The number of benzene rings is 1. The maximum Gasteiger partial charge on any atom is 0.453 e. The maximum atomic E-state index is 13.1. The SMILES string of the molecule is COc1cc(OC)cc(C2(O)CCN(c3ccc4nnc(C(F)(F)F)n4n3)CC2)c1. The van der Waals surface area contributed by atoms with Crippen molar-refractivity contribution in [2.24, 2.45) is 0 Å². The molecule has 1 aliphatic heterocycles. The fraction of sp³-hybridized carbons (Fsp3) is 0.421. The van der Waals surface area contributed by atoms with Gasteiger partial charge in [-0.25, -0.2) is 0 Å². The Labute approximate surface area is 169 Å². The average Bonchev–Trinajstić information content (AvgIpc) is 3.17. The lowest BCUT2D eigenvalue weighted by molar-refractivity contribution is -0.146. The van der Waals surface area contributed by atoms with Crippen molar-refractivity contribution in [2.75, 3.05) is 32.2 Å². The van der Waals surface area contributed by atoms with Crippen molar-refractivity contribution in [3.8, 4) is 11.5 Å². The minimum Gasteiger partial charge on any atom is -0.497 e. The first-order chi connectivity index (χ1) is 14.2. The molecule has 3 heterocycles. The van der Waals surface area contributed by atoms with E-state index >= 15 is 0 Å². The van der Waals surface area contributed by atoms with Gasteiger partial charge in [0.2, 0.25) is 0 Å². The molecule has 0 saturated carbocycles. The summed E-state index contributed by atoms with van der Waals surface area (Å²) in [4.78, 5) is 1.82. The van der Waals surface area contributed by atoms with E-state index in [2.05, 4.69) is 15.3 Å². The summed E-state index contributed by atoms with van der Waals surface area (Å²) in [5.41, 5.74) is -0.432. The van der Waals surface area contributed by atoms with Gasteiger partial charge >= 0.3 is 6.18 Å². The van der Waals surface area contributed by atoms with Gasteiger partial charge in [-0.05, 0) is 42.7 Å². The Hall–Kier alpha value is -3.08. The molecule has 30 heavy (non-hydrogen) atoms. The predicted octanol–water partition coefficient (Wildman–Crippen LogP) is 2.65. The highest BCUT2D eigenvalue weighted by Crippen LogP contribution is 2.38. The molecule has 8 nitrogen and oxygen atoms in total. The van der Waals surface area contributed by atoms with Gasteiger partial charge in [0.15, 0.2) is 5.65 Å². The second-order valence-corrected chi connectivity index (χ2v) is 7.10. The molecule has 1 aliphatic rings. The van der Waals surface area contributed by atoms with Crippen LogP contribution in [0.25, 0.3) is 5.65 Å². The molecule has 0 bridgehead atoms. The third-order valence-corrected chi connectivity index (χ3v) is 5.31. The van der Waals surface area contributed by atoms with Crippen molar-refractivity contribution in [1.29, 1.82) is 0 Å².